The molecule has 0 heterocycles. The highest BCUT2D eigenvalue weighted by atomic mass is 16.5. The Bertz CT molecular complexity index is 366. The molecule has 1 aromatic rings. The maximum Gasteiger partial charge on any atom is 0.161 e. The smallest absolute Gasteiger partial charge is 0.161 e. The molecule has 0 spiro atoms. The van der Waals surface area contributed by atoms with Crippen molar-refractivity contribution >= 4 is 0 Å². The number of benzene rings is 1. The Balaban J connectivity index is 2.71. The molecule has 0 aliphatic carbocycles. The number of nitrogens with one attached hydrogen (secondary N) is 1. The van der Waals surface area contributed by atoms with Crippen molar-refractivity contribution in [2.24, 2.45) is 0 Å². The summed E-state index contributed by atoms with van der Waals surface area (Å²) < 4.78 is 11.4. The molecule has 0 aromatic heterocycles. The van der Waals surface area contributed by atoms with Gasteiger partial charge >= 0.3 is 0 Å². The van der Waals surface area contributed by atoms with Crippen molar-refractivity contribution in [3.8, 4) is 11.5 Å². The highest BCUT2D eigenvalue weighted by Gasteiger charge is 2.07. The number of rotatable bonds is 9. The van der Waals surface area contributed by atoms with Crippen LogP contribution in [0.3, 0.4) is 0 Å². The van der Waals surface area contributed by atoms with Crippen molar-refractivity contribution in [3.63, 3.8) is 0 Å². The van der Waals surface area contributed by atoms with Gasteiger partial charge in [-0.1, -0.05) is 19.9 Å². The van der Waals surface area contributed by atoms with Gasteiger partial charge < -0.3 is 14.8 Å². The maximum absolute atomic E-state index is 5.70. The number of hydrogen-bond donors (Lipinski definition) is 1. The van der Waals surface area contributed by atoms with Crippen molar-refractivity contribution in [2.45, 2.75) is 53.1 Å². The van der Waals surface area contributed by atoms with E-state index in [-0.39, 0.29) is 0 Å². The van der Waals surface area contributed by atoms with E-state index in [9.17, 15) is 0 Å². The second kappa shape index (κ2) is 8.81. The van der Waals surface area contributed by atoms with E-state index in [1.807, 2.05) is 13.0 Å². The van der Waals surface area contributed by atoms with Crippen LogP contribution in [0.5, 0.6) is 11.5 Å². The summed E-state index contributed by atoms with van der Waals surface area (Å²) >= 11 is 0. The molecule has 0 aliphatic rings. The van der Waals surface area contributed by atoms with E-state index in [1.165, 1.54) is 5.56 Å². The average Bonchev–Trinajstić information content (AvgIpc) is 2.44. The van der Waals surface area contributed by atoms with Crippen molar-refractivity contribution in [2.75, 3.05) is 13.2 Å². The molecule has 0 amide bonds. The Hall–Kier alpha value is -1.22. The Morgan fingerprint density at radius 3 is 2.53 bits per heavy atom. The third kappa shape index (κ3) is 5.52. The molecule has 1 atom stereocenters. The second-order valence-electron chi connectivity index (χ2n) is 4.75. The van der Waals surface area contributed by atoms with Gasteiger partial charge in [0.15, 0.2) is 11.5 Å². The Morgan fingerprint density at radius 1 is 1.11 bits per heavy atom. The molecule has 0 fully saturated rings. The lowest BCUT2D eigenvalue weighted by Gasteiger charge is -2.15. The molecule has 108 valence electrons. The fourth-order valence-corrected chi connectivity index (χ4v) is 1.70. The van der Waals surface area contributed by atoms with E-state index < -0.39 is 0 Å². The maximum atomic E-state index is 5.70. The molecule has 0 aliphatic heterocycles. The molecule has 0 saturated heterocycles. The fourth-order valence-electron chi connectivity index (χ4n) is 1.70. The first-order chi connectivity index (χ1) is 9.21. The van der Waals surface area contributed by atoms with Gasteiger partial charge in [-0.05, 0) is 44.4 Å². The minimum Gasteiger partial charge on any atom is -0.490 e. The second-order valence-corrected chi connectivity index (χ2v) is 4.75. The van der Waals surface area contributed by atoms with Gasteiger partial charge in [-0.2, -0.15) is 0 Å². The number of ether oxygens (including phenoxy) is 2. The molecule has 0 bridgehead atoms. The van der Waals surface area contributed by atoms with Crippen molar-refractivity contribution in [1.82, 2.24) is 5.32 Å². The summed E-state index contributed by atoms with van der Waals surface area (Å²) in [7, 11) is 0. The van der Waals surface area contributed by atoms with E-state index in [0.29, 0.717) is 12.6 Å². The fraction of sp³-hybridized carbons (Fsp3) is 0.625. The van der Waals surface area contributed by atoms with Gasteiger partial charge in [0.2, 0.25) is 0 Å². The van der Waals surface area contributed by atoms with Gasteiger partial charge in [0.25, 0.3) is 0 Å². The molecular weight excluding hydrogens is 238 g/mol. The van der Waals surface area contributed by atoms with E-state index >= 15 is 0 Å². The summed E-state index contributed by atoms with van der Waals surface area (Å²) in [4.78, 5) is 0. The summed E-state index contributed by atoms with van der Waals surface area (Å²) in [5, 5.41) is 3.48. The normalized spacial score (nSPS) is 12.2. The zero-order valence-corrected chi connectivity index (χ0v) is 12.7. The van der Waals surface area contributed by atoms with Gasteiger partial charge in [-0.3, -0.25) is 0 Å². The van der Waals surface area contributed by atoms with Crippen LogP contribution in [0.1, 0.15) is 46.1 Å². The van der Waals surface area contributed by atoms with E-state index in [0.717, 1.165) is 37.5 Å². The highest BCUT2D eigenvalue weighted by molar-refractivity contribution is 5.43. The Kier molecular flexibility index (Phi) is 7.34. The van der Waals surface area contributed by atoms with Crippen LogP contribution in [0.2, 0.25) is 0 Å². The SMILES string of the molecule is CCCOc1ccc(CN[C@@H](C)CC)cc1OCC. The van der Waals surface area contributed by atoms with Crippen LogP contribution in [0.4, 0.5) is 0 Å². The summed E-state index contributed by atoms with van der Waals surface area (Å²) in [6.45, 7) is 10.7. The van der Waals surface area contributed by atoms with Gasteiger partial charge in [0.1, 0.15) is 0 Å². The average molecular weight is 265 g/mol. The van der Waals surface area contributed by atoms with E-state index in [4.69, 9.17) is 9.47 Å². The zero-order valence-electron chi connectivity index (χ0n) is 12.7. The molecule has 1 aromatic carbocycles. The molecule has 0 unspecified atom stereocenters. The zero-order chi connectivity index (χ0) is 14.1. The monoisotopic (exact) mass is 265 g/mol. The van der Waals surface area contributed by atoms with Gasteiger partial charge in [-0.25, -0.2) is 0 Å². The topological polar surface area (TPSA) is 30.5 Å². The third-order valence-electron chi connectivity index (χ3n) is 3.04. The predicted octanol–water partition coefficient (Wildman–Crippen LogP) is 3.76. The van der Waals surface area contributed by atoms with Gasteiger partial charge in [-0.15, -0.1) is 0 Å². The third-order valence-corrected chi connectivity index (χ3v) is 3.04. The number of hydrogen-bond acceptors (Lipinski definition) is 3. The van der Waals surface area contributed by atoms with Crippen molar-refractivity contribution in [1.29, 1.82) is 0 Å². The summed E-state index contributed by atoms with van der Waals surface area (Å²) in [5.41, 5.74) is 1.23. The summed E-state index contributed by atoms with van der Waals surface area (Å²) in [5.74, 6) is 1.69. The lowest BCUT2D eigenvalue weighted by molar-refractivity contribution is 0.276. The van der Waals surface area contributed by atoms with E-state index in [2.05, 4.69) is 38.2 Å². The predicted molar refractivity (Wildman–Crippen MR) is 80.0 cm³/mol. The standard InChI is InChI=1S/C16H27NO2/c1-5-10-19-15-9-8-14(11-16(15)18-7-3)12-17-13(4)6-2/h8-9,11,13,17H,5-7,10,12H2,1-4H3/t13-/m0/s1. The lowest BCUT2D eigenvalue weighted by atomic mass is 10.1. The molecular formula is C16H27NO2. The van der Waals surface area contributed by atoms with Crippen molar-refractivity contribution in [3.05, 3.63) is 23.8 Å². The van der Waals surface area contributed by atoms with Crippen LogP contribution in [-0.4, -0.2) is 19.3 Å². The van der Waals surface area contributed by atoms with E-state index in [1.54, 1.807) is 0 Å². The lowest BCUT2D eigenvalue weighted by Crippen LogP contribution is -2.24. The van der Waals surface area contributed by atoms with Gasteiger partial charge in [0, 0.05) is 12.6 Å². The first kappa shape index (κ1) is 15.8. The molecule has 0 radical (unpaired) electrons. The highest BCUT2D eigenvalue weighted by Crippen LogP contribution is 2.28. The van der Waals surface area contributed by atoms with Crippen LogP contribution >= 0.6 is 0 Å². The van der Waals surface area contributed by atoms with Crippen molar-refractivity contribution < 1.29 is 9.47 Å². The molecule has 19 heavy (non-hydrogen) atoms. The molecule has 3 heteroatoms. The molecule has 1 N–H and O–H groups in total. The first-order valence-electron chi connectivity index (χ1n) is 7.33. The van der Waals surface area contributed by atoms with Crippen LogP contribution in [0, 0.1) is 0 Å². The minimum atomic E-state index is 0.534. The van der Waals surface area contributed by atoms with Gasteiger partial charge in [0.05, 0.1) is 13.2 Å². The largest absolute Gasteiger partial charge is 0.490 e. The Morgan fingerprint density at radius 2 is 1.89 bits per heavy atom. The Labute approximate surface area is 117 Å². The molecule has 3 nitrogen and oxygen atoms in total. The van der Waals surface area contributed by atoms with Crippen LogP contribution < -0.4 is 14.8 Å². The molecule has 0 saturated carbocycles. The minimum absolute atomic E-state index is 0.534. The van der Waals surface area contributed by atoms with Crippen LogP contribution in [-0.2, 0) is 6.54 Å². The van der Waals surface area contributed by atoms with Crippen LogP contribution in [0.15, 0.2) is 18.2 Å². The van der Waals surface area contributed by atoms with Crippen LogP contribution in [0.25, 0.3) is 0 Å². The summed E-state index contributed by atoms with van der Waals surface area (Å²) in [6.07, 6.45) is 2.14. The summed E-state index contributed by atoms with van der Waals surface area (Å²) in [6, 6.07) is 6.72. The molecule has 1 rings (SSSR count). The first-order valence-corrected chi connectivity index (χ1v) is 7.33. The quantitative estimate of drug-likeness (QED) is 0.737.